The van der Waals surface area contributed by atoms with E-state index in [4.69, 9.17) is 0 Å². The van der Waals surface area contributed by atoms with Crippen molar-refractivity contribution in [3.05, 3.63) is 0 Å². The molecular weight excluding hydrogens is 222 g/mol. The van der Waals surface area contributed by atoms with E-state index in [-0.39, 0.29) is 5.25 Å². The van der Waals surface area contributed by atoms with E-state index in [9.17, 15) is 8.42 Å². The average Bonchev–Trinajstić information content (AvgIpc) is 3.00. The summed E-state index contributed by atoms with van der Waals surface area (Å²) in [4.78, 5) is 0. The molecule has 0 aromatic carbocycles. The SMILES string of the molecule is CC(C)(C)C1CCN(S(=O)(=O)C2CC2)CC1. The molecule has 1 saturated carbocycles. The van der Waals surface area contributed by atoms with Gasteiger partial charge in [0, 0.05) is 13.1 Å². The minimum Gasteiger partial charge on any atom is -0.212 e. The Kier molecular flexibility index (Phi) is 3.08. The lowest BCUT2D eigenvalue weighted by atomic mass is 9.76. The summed E-state index contributed by atoms with van der Waals surface area (Å²) in [7, 11) is -2.92. The first-order chi connectivity index (χ1) is 7.32. The molecule has 0 bridgehead atoms. The van der Waals surface area contributed by atoms with Gasteiger partial charge in [-0.2, -0.15) is 0 Å². The molecule has 3 nitrogen and oxygen atoms in total. The Morgan fingerprint density at radius 3 is 1.88 bits per heavy atom. The van der Waals surface area contributed by atoms with Gasteiger partial charge in [-0.15, -0.1) is 0 Å². The van der Waals surface area contributed by atoms with Crippen molar-refractivity contribution in [2.45, 2.75) is 51.7 Å². The van der Waals surface area contributed by atoms with Gasteiger partial charge in [-0.25, -0.2) is 12.7 Å². The van der Waals surface area contributed by atoms with Crippen LogP contribution in [0, 0.1) is 11.3 Å². The predicted octanol–water partition coefficient (Wildman–Crippen LogP) is 2.24. The van der Waals surface area contributed by atoms with Gasteiger partial charge in [-0.05, 0) is 37.0 Å². The van der Waals surface area contributed by atoms with E-state index >= 15 is 0 Å². The Morgan fingerprint density at radius 2 is 1.50 bits per heavy atom. The first kappa shape index (κ1) is 12.4. The number of rotatable bonds is 2. The predicted molar refractivity (Wildman–Crippen MR) is 65.7 cm³/mol. The van der Waals surface area contributed by atoms with E-state index < -0.39 is 10.0 Å². The molecule has 0 spiro atoms. The molecule has 94 valence electrons. The molecule has 0 aromatic rings. The minimum atomic E-state index is -2.92. The van der Waals surface area contributed by atoms with Crippen LogP contribution in [0.5, 0.6) is 0 Å². The van der Waals surface area contributed by atoms with Gasteiger partial charge in [0.05, 0.1) is 5.25 Å². The number of hydrogen-bond acceptors (Lipinski definition) is 2. The molecular formula is C12H23NO2S. The summed E-state index contributed by atoms with van der Waals surface area (Å²) in [6.45, 7) is 8.23. The zero-order chi connectivity index (χ0) is 12.0. The van der Waals surface area contributed by atoms with Crippen molar-refractivity contribution in [1.82, 2.24) is 4.31 Å². The third kappa shape index (κ3) is 2.43. The van der Waals surface area contributed by atoms with Gasteiger partial charge < -0.3 is 0 Å². The Morgan fingerprint density at radius 1 is 1.00 bits per heavy atom. The molecule has 1 aliphatic heterocycles. The summed E-state index contributed by atoms with van der Waals surface area (Å²) >= 11 is 0. The maximum atomic E-state index is 12.0. The van der Waals surface area contributed by atoms with E-state index in [1.54, 1.807) is 4.31 Å². The fraction of sp³-hybridized carbons (Fsp3) is 1.00. The highest BCUT2D eigenvalue weighted by Crippen LogP contribution is 2.37. The zero-order valence-electron chi connectivity index (χ0n) is 10.6. The van der Waals surface area contributed by atoms with Gasteiger partial charge in [0.2, 0.25) is 10.0 Å². The lowest BCUT2D eigenvalue weighted by molar-refractivity contribution is 0.154. The fourth-order valence-electron chi connectivity index (χ4n) is 2.55. The minimum absolute atomic E-state index is 0.0429. The van der Waals surface area contributed by atoms with Gasteiger partial charge in [0.15, 0.2) is 0 Å². The van der Waals surface area contributed by atoms with Crippen LogP contribution in [0.1, 0.15) is 46.5 Å². The Hall–Kier alpha value is -0.0900. The number of sulfonamides is 1. The standard InChI is InChI=1S/C12H23NO2S/c1-12(2,3)10-6-8-13(9-7-10)16(14,15)11-4-5-11/h10-11H,4-9H2,1-3H3. The highest BCUT2D eigenvalue weighted by atomic mass is 32.2. The van der Waals surface area contributed by atoms with Crippen molar-refractivity contribution < 1.29 is 8.42 Å². The summed E-state index contributed by atoms with van der Waals surface area (Å²) in [6.07, 6.45) is 3.80. The van der Waals surface area contributed by atoms with Crippen molar-refractivity contribution in [2.75, 3.05) is 13.1 Å². The van der Waals surface area contributed by atoms with Crippen LogP contribution >= 0.6 is 0 Å². The van der Waals surface area contributed by atoms with E-state index in [1.807, 2.05) is 0 Å². The zero-order valence-corrected chi connectivity index (χ0v) is 11.4. The van der Waals surface area contributed by atoms with E-state index in [0.717, 1.165) is 38.8 Å². The normalized spacial score (nSPS) is 25.9. The fourth-order valence-corrected chi connectivity index (χ4v) is 4.43. The summed E-state index contributed by atoms with van der Waals surface area (Å²) in [5, 5.41) is -0.0429. The second kappa shape index (κ2) is 3.98. The largest absolute Gasteiger partial charge is 0.216 e. The third-order valence-corrected chi connectivity index (χ3v) is 6.38. The van der Waals surface area contributed by atoms with Crippen molar-refractivity contribution in [2.24, 2.45) is 11.3 Å². The third-order valence-electron chi connectivity index (χ3n) is 3.98. The molecule has 16 heavy (non-hydrogen) atoms. The van der Waals surface area contributed by atoms with Crippen LogP contribution in [-0.2, 0) is 10.0 Å². The van der Waals surface area contributed by atoms with Gasteiger partial charge in [-0.3, -0.25) is 0 Å². The van der Waals surface area contributed by atoms with Crippen molar-refractivity contribution in [3.63, 3.8) is 0 Å². The molecule has 1 heterocycles. The average molecular weight is 245 g/mol. The summed E-state index contributed by atoms with van der Waals surface area (Å²) in [6, 6.07) is 0. The van der Waals surface area contributed by atoms with Gasteiger partial charge in [0.1, 0.15) is 0 Å². The molecule has 4 heteroatoms. The van der Waals surface area contributed by atoms with Crippen LogP contribution in [0.3, 0.4) is 0 Å². The van der Waals surface area contributed by atoms with Gasteiger partial charge >= 0.3 is 0 Å². The molecule has 2 aliphatic rings. The molecule has 0 aromatic heterocycles. The molecule has 0 atom stereocenters. The molecule has 2 fully saturated rings. The van der Waals surface area contributed by atoms with Crippen LogP contribution in [-0.4, -0.2) is 31.1 Å². The number of hydrogen-bond donors (Lipinski definition) is 0. The van der Waals surface area contributed by atoms with Crippen LogP contribution in [0.4, 0.5) is 0 Å². The topological polar surface area (TPSA) is 37.4 Å². The summed E-state index contributed by atoms with van der Waals surface area (Å²) in [5.41, 5.74) is 0.315. The smallest absolute Gasteiger partial charge is 0.212 e. The monoisotopic (exact) mass is 245 g/mol. The van der Waals surface area contributed by atoms with Crippen LogP contribution in [0.25, 0.3) is 0 Å². The molecule has 0 N–H and O–H groups in total. The first-order valence-electron chi connectivity index (χ1n) is 6.31. The van der Waals surface area contributed by atoms with Crippen molar-refractivity contribution >= 4 is 10.0 Å². The van der Waals surface area contributed by atoms with E-state index in [2.05, 4.69) is 20.8 Å². The summed E-state index contributed by atoms with van der Waals surface area (Å²) in [5.74, 6) is 0.665. The maximum absolute atomic E-state index is 12.0. The van der Waals surface area contributed by atoms with Crippen LogP contribution in [0.15, 0.2) is 0 Å². The Labute approximate surface area is 99.3 Å². The summed E-state index contributed by atoms with van der Waals surface area (Å²) < 4.78 is 25.8. The second-order valence-electron chi connectivity index (χ2n) is 6.28. The van der Waals surface area contributed by atoms with E-state index in [0.29, 0.717) is 11.3 Å². The van der Waals surface area contributed by atoms with Gasteiger partial charge in [-0.1, -0.05) is 20.8 Å². The lowest BCUT2D eigenvalue weighted by Gasteiger charge is -2.38. The highest BCUT2D eigenvalue weighted by molar-refractivity contribution is 7.90. The van der Waals surface area contributed by atoms with Gasteiger partial charge in [0.25, 0.3) is 0 Å². The molecule has 1 saturated heterocycles. The van der Waals surface area contributed by atoms with Crippen molar-refractivity contribution in [1.29, 1.82) is 0 Å². The molecule has 0 unspecified atom stereocenters. The Bertz CT molecular complexity index is 344. The lowest BCUT2D eigenvalue weighted by Crippen LogP contribution is -2.42. The van der Waals surface area contributed by atoms with E-state index in [1.165, 1.54) is 0 Å². The molecule has 0 radical (unpaired) electrons. The Balaban J connectivity index is 1.95. The highest BCUT2D eigenvalue weighted by Gasteiger charge is 2.42. The number of nitrogens with zero attached hydrogens (tertiary/aromatic N) is 1. The quantitative estimate of drug-likeness (QED) is 0.748. The first-order valence-corrected chi connectivity index (χ1v) is 7.81. The maximum Gasteiger partial charge on any atom is 0.216 e. The molecule has 2 rings (SSSR count). The van der Waals surface area contributed by atoms with Crippen molar-refractivity contribution in [3.8, 4) is 0 Å². The molecule has 1 aliphatic carbocycles. The van der Waals surface area contributed by atoms with Crippen LogP contribution in [0.2, 0.25) is 0 Å². The molecule has 0 amide bonds. The second-order valence-corrected chi connectivity index (χ2v) is 8.50. The van der Waals surface area contributed by atoms with Crippen LogP contribution < -0.4 is 0 Å². The number of piperidine rings is 1.